The number of phenolic OH excluding ortho intramolecular Hbond substituents is 2. The van der Waals surface area contributed by atoms with E-state index >= 15 is 0 Å². The lowest BCUT2D eigenvalue weighted by molar-refractivity contribution is 0.351. The third-order valence-electron chi connectivity index (χ3n) is 4.23. The summed E-state index contributed by atoms with van der Waals surface area (Å²) in [5.74, 6) is 0.324. The van der Waals surface area contributed by atoms with E-state index < -0.39 is 0 Å². The molecule has 0 radical (unpaired) electrons. The second kappa shape index (κ2) is 5.08. The molecule has 118 valence electrons. The second-order valence-corrected chi connectivity index (χ2v) is 5.67. The van der Waals surface area contributed by atoms with E-state index in [2.05, 4.69) is 27.0 Å². The van der Waals surface area contributed by atoms with Gasteiger partial charge >= 0.3 is 0 Å². The number of nitrogens with one attached hydrogen (secondary N) is 1. The predicted molar refractivity (Wildman–Crippen MR) is 88.2 cm³/mol. The van der Waals surface area contributed by atoms with Crippen molar-refractivity contribution in [1.82, 2.24) is 9.97 Å². The van der Waals surface area contributed by atoms with Crippen molar-refractivity contribution >= 4 is 16.7 Å². The summed E-state index contributed by atoms with van der Waals surface area (Å²) in [7, 11) is 1.44. The standard InChI is InChI=1S/C17H17N3O3/c1-23-15-8-10(7-14(21)16(15)22)17-18-12-4-3-11(9-13(12)19-17)20-5-2-6-20/h3-4,7-9,21-22H,2,5-6H2,1H3,(H,18,19). The number of ether oxygens (including phenoxy) is 1. The number of benzene rings is 2. The summed E-state index contributed by atoms with van der Waals surface area (Å²) in [4.78, 5) is 10.1. The minimum Gasteiger partial charge on any atom is -0.504 e. The zero-order valence-electron chi connectivity index (χ0n) is 12.7. The SMILES string of the molecule is COc1cc(-c2nc3ccc(N4CCC4)cc3[nH]2)cc(O)c1O. The largest absolute Gasteiger partial charge is 0.504 e. The molecule has 3 aromatic rings. The van der Waals surface area contributed by atoms with Crippen molar-refractivity contribution in [3.63, 3.8) is 0 Å². The molecule has 1 aliphatic heterocycles. The zero-order chi connectivity index (χ0) is 16.0. The highest BCUT2D eigenvalue weighted by atomic mass is 16.5. The Morgan fingerprint density at radius 3 is 2.70 bits per heavy atom. The molecule has 1 fully saturated rings. The molecule has 23 heavy (non-hydrogen) atoms. The van der Waals surface area contributed by atoms with Crippen molar-refractivity contribution < 1.29 is 14.9 Å². The number of nitrogens with zero attached hydrogens (tertiary/aromatic N) is 2. The number of H-pyrrole nitrogens is 1. The summed E-state index contributed by atoms with van der Waals surface area (Å²) in [6.45, 7) is 2.19. The van der Waals surface area contributed by atoms with Gasteiger partial charge in [0.2, 0.25) is 5.75 Å². The van der Waals surface area contributed by atoms with Gasteiger partial charge in [0.05, 0.1) is 18.1 Å². The third-order valence-corrected chi connectivity index (χ3v) is 4.23. The Morgan fingerprint density at radius 1 is 1.17 bits per heavy atom. The molecule has 6 heteroatoms. The fourth-order valence-electron chi connectivity index (χ4n) is 2.79. The second-order valence-electron chi connectivity index (χ2n) is 5.67. The van der Waals surface area contributed by atoms with Gasteiger partial charge in [-0.2, -0.15) is 0 Å². The Hall–Kier alpha value is -2.89. The normalized spacial score (nSPS) is 14.0. The number of imidazole rings is 1. The summed E-state index contributed by atoms with van der Waals surface area (Å²) in [5.41, 5.74) is 3.63. The lowest BCUT2D eigenvalue weighted by Crippen LogP contribution is -2.36. The Labute approximate surface area is 133 Å². The zero-order valence-corrected chi connectivity index (χ0v) is 12.7. The van der Waals surface area contributed by atoms with Gasteiger partial charge in [0, 0.05) is 24.3 Å². The number of hydrogen-bond acceptors (Lipinski definition) is 5. The van der Waals surface area contributed by atoms with Crippen LogP contribution in [0.25, 0.3) is 22.4 Å². The first kappa shape index (κ1) is 13.8. The fourth-order valence-corrected chi connectivity index (χ4v) is 2.79. The number of methoxy groups -OCH3 is 1. The summed E-state index contributed by atoms with van der Waals surface area (Å²) >= 11 is 0. The van der Waals surface area contributed by atoms with Crippen LogP contribution in [-0.4, -0.2) is 40.4 Å². The molecule has 0 aliphatic carbocycles. The number of hydrogen-bond donors (Lipinski definition) is 3. The quantitative estimate of drug-likeness (QED) is 0.648. The van der Waals surface area contributed by atoms with E-state index in [4.69, 9.17) is 4.74 Å². The van der Waals surface area contributed by atoms with E-state index in [1.54, 1.807) is 6.07 Å². The van der Waals surface area contributed by atoms with Crippen molar-refractivity contribution in [2.45, 2.75) is 6.42 Å². The number of phenols is 2. The number of anilines is 1. The van der Waals surface area contributed by atoms with Gasteiger partial charge < -0.3 is 24.8 Å². The van der Waals surface area contributed by atoms with Crippen LogP contribution in [0.4, 0.5) is 5.69 Å². The molecule has 0 spiro atoms. The van der Waals surface area contributed by atoms with Crippen LogP contribution in [0.1, 0.15) is 6.42 Å². The van der Waals surface area contributed by atoms with E-state index in [1.807, 2.05) is 6.07 Å². The Bertz CT molecular complexity index is 884. The highest BCUT2D eigenvalue weighted by Crippen LogP contribution is 2.39. The maximum absolute atomic E-state index is 9.83. The monoisotopic (exact) mass is 311 g/mol. The molecule has 0 unspecified atom stereocenters. The van der Waals surface area contributed by atoms with Crippen LogP contribution < -0.4 is 9.64 Å². The molecule has 3 N–H and O–H groups in total. The average molecular weight is 311 g/mol. The average Bonchev–Trinajstić information content (AvgIpc) is 2.91. The van der Waals surface area contributed by atoms with Gasteiger partial charge in [0.1, 0.15) is 5.82 Å². The molecule has 1 aliphatic rings. The van der Waals surface area contributed by atoms with Crippen molar-refractivity contribution in [2.24, 2.45) is 0 Å². The summed E-state index contributed by atoms with van der Waals surface area (Å²) in [5, 5.41) is 19.6. The maximum Gasteiger partial charge on any atom is 0.200 e. The van der Waals surface area contributed by atoms with Gasteiger partial charge in [-0.25, -0.2) is 4.98 Å². The molecule has 0 bridgehead atoms. The number of rotatable bonds is 3. The highest BCUT2D eigenvalue weighted by Gasteiger charge is 2.16. The number of aromatic nitrogens is 2. The smallest absolute Gasteiger partial charge is 0.200 e. The van der Waals surface area contributed by atoms with Crippen LogP contribution in [0.2, 0.25) is 0 Å². The topological polar surface area (TPSA) is 81.6 Å². The molecule has 0 saturated carbocycles. The van der Waals surface area contributed by atoms with E-state index in [0.717, 1.165) is 24.1 Å². The predicted octanol–water partition coefficient (Wildman–Crippen LogP) is 2.86. The maximum atomic E-state index is 9.83. The van der Waals surface area contributed by atoms with Crippen LogP contribution in [0, 0.1) is 0 Å². The summed E-state index contributed by atoms with van der Waals surface area (Å²) < 4.78 is 5.08. The van der Waals surface area contributed by atoms with Crippen LogP contribution in [0.5, 0.6) is 17.2 Å². The van der Waals surface area contributed by atoms with Crippen LogP contribution in [-0.2, 0) is 0 Å². The van der Waals surface area contributed by atoms with Gasteiger partial charge in [-0.3, -0.25) is 0 Å². The first-order valence-corrected chi connectivity index (χ1v) is 7.51. The van der Waals surface area contributed by atoms with E-state index in [1.165, 1.54) is 25.3 Å². The van der Waals surface area contributed by atoms with Crippen LogP contribution >= 0.6 is 0 Å². The van der Waals surface area contributed by atoms with Gasteiger partial charge in [-0.05, 0) is 36.8 Å². The molecular weight excluding hydrogens is 294 g/mol. The molecule has 0 amide bonds. The van der Waals surface area contributed by atoms with Gasteiger partial charge in [0.25, 0.3) is 0 Å². The van der Waals surface area contributed by atoms with Gasteiger partial charge in [0.15, 0.2) is 11.5 Å². The molecule has 4 rings (SSSR count). The van der Waals surface area contributed by atoms with Crippen LogP contribution in [0.15, 0.2) is 30.3 Å². The number of fused-ring (bicyclic) bond motifs is 1. The molecule has 1 aromatic heterocycles. The molecule has 0 atom stereocenters. The first-order chi connectivity index (χ1) is 11.2. The number of aromatic hydroxyl groups is 2. The summed E-state index contributed by atoms with van der Waals surface area (Å²) in [6.07, 6.45) is 1.23. The summed E-state index contributed by atoms with van der Waals surface area (Å²) in [6, 6.07) is 9.25. The highest BCUT2D eigenvalue weighted by molar-refractivity contribution is 5.83. The van der Waals surface area contributed by atoms with Gasteiger partial charge in [-0.1, -0.05) is 0 Å². The molecule has 2 aromatic carbocycles. The van der Waals surface area contributed by atoms with Crippen molar-refractivity contribution in [2.75, 3.05) is 25.1 Å². The van der Waals surface area contributed by atoms with Crippen molar-refractivity contribution in [1.29, 1.82) is 0 Å². The van der Waals surface area contributed by atoms with Crippen LogP contribution in [0.3, 0.4) is 0 Å². The minimum atomic E-state index is -0.271. The minimum absolute atomic E-state index is 0.210. The van der Waals surface area contributed by atoms with E-state index in [0.29, 0.717) is 11.4 Å². The Morgan fingerprint density at radius 2 is 2.00 bits per heavy atom. The molecule has 6 nitrogen and oxygen atoms in total. The molecule has 2 heterocycles. The van der Waals surface area contributed by atoms with Gasteiger partial charge in [-0.15, -0.1) is 0 Å². The van der Waals surface area contributed by atoms with Crippen molar-refractivity contribution in [3.8, 4) is 28.6 Å². The first-order valence-electron chi connectivity index (χ1n) is 7.51. The fraction of sp³-hybridized carbons (Fsp3) is 0.235. The molecular formula is C17H17N3O3. The number of aromatic amines is 1. The lowest BCUT2D eigenvalue weighted by Gasteiger charge is -2.33. The van der Waals surface area contributed by atoms with Crippen molar-refractivity contribution in [3.05, 3.63) is 30.3 Å². The Balaban J connectivity index is 1.78. The Kier molecular flexibility index (Phi) is 3.04. The van der Waals surface area contributed by atoms with E-state index in [9.17, 15) is 10.2 Å². The lowest BCUT2D eigenvalue weighted by atomic mass is 10.1. The third kappa shape index (κ3) is 2.23. The van der Waals surface area contributed by atoms with E-state index in [-0.39, 0.29) is 17.2 Å². The molecule has 1 saturated heterocycles.